The molecule has 0 unspecified atom stereocenters. The molecule has 0 radical (unpaired) electrons. The lowest BCUT2D eigenvalue weighted by atomic mass is 10.1. The molecule has 2 rings (SSSR count). The van der Waals surface area contributed by atoms with Crippen LogP contribution in [0.1, 0.15) is 12.8 Å². The first kappa shape index (κ1) is 11.5. The number of pyridine rings is 1. The zero-order valence-corrected chi connectivity index (χ0v) is 9.39. The molecule has 1 heterocycles. The molecular weight excluding hydrogens is 216 g/mol. The monoisotopic (exact) mass is 230 g/mol. The Labute approximate surface area is 99.3 Å². The lowest BCUT2D eigenvalue weighted by Crippen LogP contribution is -2.11. The summed E-state index contributed by atoms with van der Waals surface area (Å²) in [6.07, 6.45) is 4.28. The van der Waals surface area contributed by atoms with E-state index in [4.69, 9.17) is 5.11 Å². The van der Waals surface area contributed by atoms with Crippen LogP contribution in [-0.4, -0.2) is 22.6 Å². The van der Waals surface area contributed by atoms with Crippen LogP contribution < -0.4 is 5.32 Å². The minimum Gasteiger partial charge on any atom is -0.396 e. The second-order valence-corrected chi connectivity index (χ2v) is 3.78. The Bertz CT molecular complexity index is 520. The third kappa shape index (κ3) is 2.79. The summed E-state index contributed by atoms with van der Waals surface area (Å²) in [7, 11) is 0. The van der Waals surface area contributed by atoms with Gasteiger partial charge in [-0.15, -0.1) is 0 Å². The van der Waals surface area contributed by atoms with Crippen LogP contribution in [0.4, 0.5) is 5.69 Å². The van der Waals surface area contributed by atoms with Crippen LogP contribution in [-0.2, 0) is 4.79 Å². The maximum Gasteiger partial charge on any atom is 0.224 e. The topological polar surface area (TPSA) is 62.2 Å². The van der Waals surface area contributed by atoms with Crippen molar-refractivity contribution in [3.05, 3.63) is 36.7 Å². The SMILES string of the molecule is O=C(CCCO)Nc1cccc2cnccc12. The summed E-state index contributed by atoms with van der Waals surface area (Å²) < 4.78 is 0. The van der Waals surface area contributed by atoms with Gasteiger partial charge in [0.15, 0.2) is 0 Å². The highest BCUT2D eigenvalue weighted by Gasteiger charge is 2.04. The molecule has 1 aromatic carbocycles. The standard InChI is InChI=1S/C13H14N2O2/c16-8-2-5-13(17)15-12-4-1-3-10-9-14-7-6-11(10)12/h1,3-4,6-7,9,16H,2,5,8H2,(H,15,17). The van der Waals surface area contributed by atoms with Gasteiger partial charge in [-0.2, -0.15) is 0 Å². The average molecular weight is 230 g/mol. The Hall–Kier alpha value is -1.94. The number of hydrogen-bond acceptors (Lipinski definition) is 3. The first-order valence-corrected chi connectivity index (χ1v) is 5.55. The lowest BCUT2D eigenvalue weighted by Gasteiger charge is -2.07. The zero-order chi connectivity index (χ0) is 12.1. The number of carbonyl (C=O) groups is 1. The smallest absolute Gasteiger partial charge is 0.224 e. The molecule has 88 valence electrons. The second-order valence-electron chi connectivity index (χ2n) is 3.78. The van der Waals surface area contributed by atoms with E-state index in [1.165, 1.54) is 0 Å². The van der Waals surface area contributed by atoms with Crippen LogP contribution in [0.3, 0.4) is 0 Å². The minimum absolute atomic E-state index is 0.0346. The van der Waals surface area contributed by atoms with Crippen molar-refractivity contribution < 1.29 is 9.90 Å². The Balaban J connectivity index is 2.21. The molecule has 0 saturated carbocycles. The third-order valence-electron chi connectivity index (χ3n) is 2.52. The minimum atomic E-state index is -0.0802. The molecule has 0 aliphatic heterocycles. The molecule has 0 aliphatic rings. The summed E-state index contributed by atoms with van der Waals surface area (Å²) in [6.45, 7) is 0.0346. The van der Waals surface area contributed by atoms with Crippen molar-refractivity contribution in [3.8, 4) is 0 Å². The highest BCUT2D eigenvalue weighted by atomic mass is 16.3. The lowest BCUT2D eigenvalue weighted by molar-refractivity contribution is -0.116. The summed E-state index contributed by atoms with van der Waals surface area (Å²) in [4.78, 5) is 15.6. The number of hydrogen-bond donors (Lipinski definition) is 2. The van der Waals surface area contributed by atoms with Crippen LogP contribution in [0.2, 0.25) is 0 Å². The maximum atomic E-state index is 11.6. The molecule has 0 spiro atoms. The summed E-state index contributed by atoms with van der Waals surface area (Å²) in [5, 5.41) is 13.5. The van der Waals surface area contributed by atoms with Gasteiger partial charge < -0.3 is 10.4 Å². The summed E-state index contributed by atoms with van der Waals surface area (Å²) in [5.41, 5.74) is 0.785. The number of anilines is 1. The van der Waals surface area contributed by atoms with Crippen LogP contribution >= 0.6 is 0 Å². The molecule has 4 nitrogen and oxygen atoms in total. The first-order chi connectivity index (χ1) is 8.31. The van der Waals surface area contributed by atoms with Gasteiger partial charge in [0.1, 0.15) is 0 Å². The molecule has 2 aromatic rings. The summed E-state index contributed by atoms with van der Waals surface area (Å²) in [5.74, 6) is -0.0802. The van der Waals surface area contributed by atoms with E-state index in [1.807, 2.05) is 24.3 Å². The molecule has 0 aliphatic carbocycles. The molecule has 1 aromatic heterocycles. The third-order valence-corrected chi connectivity index (χ3v) is 2.52. The van der Waals surface area contributed by atoms with Gasteiger partial charge in [-0.1, -0.05) is 12.1 Å². The normalized spacial score (nSPS) is 10.4. The molecule has 0 fully saturated rings. The van der Waals surface area contributed by atoms with Gasteiger partial charge in [0.25, 0.3) is 0 Å². The van der Waals surface area contributed by atoms with Crippen molar-refractivity contribution >= 4 is 22.4 Å². The maximum absolute atomic E-state index is 11.6. The van der Waals surface area contributed by atoms with E-state index >= 15 is 0 Å². The number of nitrogens with one attached hydrogen (secondary N) is 1. The first-order valence-electron chi connectivity index (χ1n) is 5.55. The van der Waals surface area contributed by atoms with Crippen LogP contribution in [0.25, 0.3) is 10.8 Å². The highest BCUT2D eigenvalue weighted by Crippen LogP contribution is 2.22. The quantitative estimate of drug-likeness (QED) is 0.843. The van der Waals surface area contributed by atoms with Crippen molar-refractivity contribution in [3.63, 3.8) is 0 Å². The van der Waals surface area contributed by atoms with E-state index in [2.05, 4.69) is 10.3 Å². The molecule has 0 atom stereocenters. The predicted molar refractivity (Wildman–Crippen MR) is 66.7 cm³/mol. The number of benzene rings is 1. The molecule has 0 saturated heterocycles. The van der Waals surface area contributed by atoms with E-state index in [0.717, 1.165) is 16.5 Å². The van der Waals surface area contributed by atoms with Crippen molar-refractivity contribution in [1.82, 2.24) is 4.98 Å². The van der Waals surface area contributed by atoms with Gasteiger partial charge in [0.05, 0.1) is 0 Å². The number of aromatic nitrogens is 1. The average Bonchev–Trinajstić information content (AvgIpc) is 2.37. The van der Waals surface area contributed by atoms with E-state index in [-0.39, 0.29) is 12.5 Å². The number of aliphatic hydroxyl groups excluding tert-OH is 1. The summed E-state index contributed by atoms with van der Waals surface area (Å²) in [6, 6.07) is 7.56. The fourth-order valence-electron chi connectivity index (χ4n) is 1.68. The van der Waals surface area contributed by atoms with Gasteiger partial charge in [0, 0.05) is 41.9 Å². The van der Waals surface area contributed by atoms with Crippen LogP contribution in [0.5, 0.6) is 0 Å². The Kier molecular flexibility index (Phi) is 3.67. The fourth-order valence-corrected chi connectivity index (χ4v) is 1.68. The molecule has 0 bridgehead atoms. The highest BCUT2D eigenvalue weighted by molar-refractivity contribution is 6.01. The van der Waals surface area contributed by atoms with E-state index in [1.54, 1.807) is 12.4 Å². The van der Waals surface area contributed by atoms with Gasteiger partial charge >= 0.3 is 0 Å². The van der Waals surface area contributed by atoms with Crippen molar-refractivity contribution in [1.29, 1.82) is 0 Å². The van der Waals surface area contributed by atoms with Crippen molar-refractivity contribution in [2.45, 2.75) is 12.8 Å². The van der Waals surface area contributed by atoms with E-state index in [9.17, 15) is 4.79 Å². The number of rotatable bonds is 4. The van der Waals surface area contributed by atoms with Gasteiger partial charge in [-0.25, -0.2) is 0 Å². The molecule has 4 heteroatoms. The number of carbonyl (C=O) groups excluding carboxylic acids is 1. The number of fused-ring (bicyclic) bond motifs is 1. The van der Waals surface area contributed by atoms with Crippen molar-refractivity contribution in [2.75, 3.05) is 11.9 Å². The van der Waals surface area contributed by atoms with Crippen molar-refractivity contribution in [2.24, 2.45) is 0 Å². The van der Waals surface area contributed by atoms with Gasteiger partial charge in [-0.3, -0.25) is 9.78 Å². The Morgan fingerprint density at radius 2 is 2.24 bits per heavy atom. The van der Waals surface area contributed by atoms with Crippen LogP contribution in [0, 0.1) is 0 Å². The van der Waals surface area contributed by atoms with Gasteiger partial charge in [-0.05, 0) is 18.6 Å². The molecule has 2 N–H and O–H groups in total. The van der Waals surface area contributed by atoms with E-state index in [0.29, 0.717) is 12.8 Å². The number of nitrogens with zero attached hydrogens (tertiary/aromatic N) is 1. The van der Waals surface area contributed by atoms with Gasteiger partial charge in [0.2, 0.25) is 5.91 Å². The molecular formula is C13H14N2O2. The second kappa shape index (κ2) is 5.41. The van der Waals surface area contributed by atoms with Crippen LogP contribution in [0.15, 0.2) is 36.7 Å². The number of amides is 1. The predicted octanol–water partition coefficient (Wildman–Crippen LogP) is 1.95. The molecule has 1 amide bonds. The number of aliphatic hydroxyl groups is 1. The largest absolute Gasteiger partial charge is 0.396 e. The van der Waals surface area contributed by atoms with E-state index < -0.39 is 0 Å². The molecule has 17 heavy (non-hydrogen) atoms. The Morgan fingerprint density at radius 3 is 3.06 bits per heavy atom. The zero-order valence-electron chi connectivity index (χ0n) is 9.39. The fraction of sp³-hybridized carbons (Fsp3) is 0.231. The Morgan fingerprint density at radius 1 is 1.35 bits per heavy atom. The summed E-state index contributed by atoms with van der Waals surface area (Å²) >= 11 is 0.